The van der Waals surface area contributed by atoms with E-state index in [1.54, 1.807) is 4.57 Å². The van der Waals surface area contributed by atoms with Crippen molar-refractivity contribution >= 4 is 50.6 Å². The topological polar surface area (TPSA) is 107 Å². The highest BCUT2D eigenvalue weighted by molar-refractivity contribution is 7.99. The Kier molecular flexibility index (Phi) is 6.04. The highest BCUT2D eigenvalue weighted by Gasteiger charge is 2.19. The predicted octanol–water partition coefficient (Wildman–Crippen LogP) is 4.29. The zero-order chi connectivity index (χ0) is 21.3. The highest BCUT2D eigenvalue weighted by Crippen LogP contribution is 2.29. The standard InChI is InChI=1S/C19H20N4O4S2/c1-10(2)22-18(25)16-11(3)12(4)29-17(16)21-19(22)28-9-15(24)20-13-5-7-14(8-6-13)23(26)27/h5-8,10H,9H2,1-4H3,(H,20,24). The number of aryl methyl sites for hydroxylation is 2. The van der Waals surface area contributed by atoms with E-state index in [-0.39, 0.29) is 28.9 Å². The molecule has 1 aromatic carbocycles. The van der Waals surface area contributed by atoms with Crippen molar-refractivity contribution in [3.05, 3.63) is 55.2 Å². The lowest BCUT2D eigenvalue weighted by Crippen LogP contribution is -2.25. The minimum atomic E-state index is -0.498. The van der Waals surface area contributed by atoms with Crippen LogP contribution in [0.4, 0.5) is 11.4 Å². The number of benzene rings is 1. The summed E-state index contributed by atoms with van der Waals surface area (Å²) in [6.07, 6.45) is 0. The Morgan fingerprint density at radius 2 is 1.97 bits per heavy atom. The number of aromatic nitrogens is 2. The number of rotatable bonds is 6. The number of carbonyl (C=O) groups is 1. The summed E-state index contributed by atoms with van der Waals surface area (Å²) in [4.78, 5) is 41.9. The summed E-state index contributed by atoms with van der Waals surface area (Å²) in [6.45, 7) is 7.70. The molecule has 0 aliphatic heterocycles. The largest absolute Gasteiger partial charge is 0.325 e. The summed E-state index contributed by atoms with van der Waals surface area (Å²) in [6, 6.07) is 5.52. The van der Waals surface area contributed by atoms with E-state index in [1.807, 2.05) is 27.7 Å². The summed E-state index contributed by atoms with van der Waals surface area (Å²) in [7, 11) is 0. The molecule has 0 saturated heterocycles. The average molecular weight is 433 g/mol. The fourth-order valence-electron chi connectivity index (χ4n) is 2.84. The fraction of sp³-hybridized carbons (Fsp3) is 0.316. The molecule has 1 amide bonds. The summed E-state index contributed by atoms with van der Waals surface area (Å²) in [5.74, 6) is -0.225. The van der Waals surface area contributed by atoms with Gasteiger partial charge in [0, 0.05) is 28.7 Å². The van der Waals surface area contributed by atoms with Gasteiger partial charge in [-0.05, 0) is 45.4 Å². The second kappa shape index (κ2) is 8.34. The van der Waals surface area contributed by atoms with E-state index in [1.165, 1.54) is 47.4 Å². The zero-order valence-electron chi connectivity index (χ0n) is 16.4. The van der Waals surface area contributed by atoms with Crippen molar-refractivity contribution in [1.82, 2.24) is 9.55 Å². The summed E-state index contributed by atoms with van der Waals surface area (Å²) < 4.78 is 1.62. The number of nitro benzene ring substituents is 1. The third-order valence-corrected chi connectivity index (χ3v) is 6.47. The van der Waals surface area contributed by atoms with E-state index in [2.05, 4.69) is 10.3 Å². The van der Waals surface area contributed by atoms with Crippen LogP contribution < -0.4 is 10.9 Å². The Balaban J connectivity index is 1.80. The number of nitrogens with one attached hydrogen (secondary N) is 1. The molecule has 8 nitrogen and oxygen atoms in total. The minimum absolute atomic E-state index is 0.0441. The molecule has 0 spiro atoms. The molecule has 0 atom stereocenters. The maximum absolute atomic E-state index is 13.0. The molecule has 0 aliphatic rings. The summed E-state index contributed by atoms with van der Waals surface area (Å²) in [5, 5.41) is 14.5. The first-order valence-electron chi connectivity index (χ1n) is 8.88. The van der Waals surface area contributed by atoms with Gasteiger partial charge in [-0.1, -0.05) is 11.8 Å². The number of nitro groups is 1. The first-order chi connectivity index (χ1) is 13.7. The predicted molar refractivity (Wildman–Crippen MR) is 116 cm³/mol. The van der Waals surface area contributed by atoms with Gasteiger partial charge in [-0.15, -0.1) is 11.3 Å². The first kappa shape index (κ1) is 21.0. The fourth-order valence-corrected chi connectivity index (χ4v) is 4.84. The number of nitrogens with zero attached hydrogens (tertiary/aromatic N) is 3. The van der Waals surface area contributed by atoms with Crippen molar-refractivity contribution in [2.24, 2.45) is 0 Å². The quantitative estimate of drug-likeness (QED) is 0.269. The maximum Gasteiger partial charge on any atom is 0.269 e. The summed E-state index contributed by atoms with van der Waals surface area (Å²) >= 11 is 2.67. The van der Waals surface area contributed by atoms with Crippen LogP contribution in [0.15, 0.2) is 34.2 Å². The number of thioether (sulfide) groups is 1. The van der Waals surface area contributed by atoms with E-state index >= 15 is 0 Å². The van der Waals surface area contributed by atoms with Gasteiger partial charge in [0.1, 0.15) is 4.83 Å². The van der Waals surface area contributed by atoms with Crippen molar-refractivity contribution in [3.8, 4) is 0 Å². The van der Waals surface area contributed by atoms with Gasteiger partial charge < -0.3 is 5.32 Å². The third-order valence-electron chi connectivity index (χ3n) is 4.41. The monoisotopic (exact) mass is 432 g/mol. The van der Waals surface area contributed by atoms with Crippen LogP contribution in [0.3, 0.4) is 0 Å². The van der Waals surface area contributed by atoms with Gasteiger partial charge in [-0.2, -0.15) is 0 Å². The molecule has 1 N–H and O–H groups in total. The van der Waals surface area contributed by atoms with Crippen LogP contribution in [0.25, 0.3) is 10.2 Å². The smallest absolute Gasteiger partial charge is 0.269 e. The van der Waals surface area contributed by atoms with Gasteiger partial charge >= 0.3 is 0 Å². The van der Waals surface area contributed by atoms with Crippen LogP contribution in [0.5, 0.6) is 0 Å². The van der Waals surface area contributed by atoms with Crippen molar-refractivity contribution in [2.75, 3.05) is 11.1 Å². The Labute approximate surface area is 175 Å². The Morgan fingerprint density at radius 1 is 1.31 bits per heavy atom. The number of amides is 1. The first-order valence-corrected chi connectivity index (χ1v) is 10.7. The minimum Gasteiger partial charge on any atom is -0.325 e. The van der Waals surface area contributed by atoms with Crippen molar-refractivity contribution in [3.63, 3.8) is 0 Å². The van der Waals surface area contributed by atoms with Crippen molar-refractivity contribution in [1.29, 1.82) is 0 Å². The number of carbonyl (C=O) groups excluding carboxylic acids is 1. The molecule has 0 fully saturated rings. The zero-order valence-corrected chi connectivity index (χ0v) is 18.0. The molecule has 29 heavy (non-hydrogen) atoms. The lowest BCUT2D eigenvalue weighted by molar-refractivity contribution is -0.384. The molecular formula is C19H20N4O4S2. The lowest BCUT2D eigenvalue weighted by Gasteiger charge is -2.15. The number of hydrogen-bond acceptors (Lipinski definition) is 7. The highest BCUT2D eigenvalue weighted by atomic mass is 32.2. The molecule has 0 aliphatic carbocycles. The SMILES string of the molecule is Cc1sc2nc(SCC(=O)Nc3ccc([N+](=O)[O-])cc3)n(C(C)C)c(=O)c2c1C. The van der Waals surface area contributed by atoms with Crippen molar-refractivity contribution < 1.29 is 9.72 Å². The Morgan fingerprint density at radius 3 is 2.55 bits per heavy atom. The van der Waals surface area contributed by atoms with E-state index in [4.69, 9.17) is 0 Å². The average Bonchev–Trinajstić information content (AvgIpc) is 2.94. The Hall–Kier alpha value is -2.72. The van der Waals surface area contributed by atoms with Crippen LogP contribution in [0.2, 0.25) is 0 Å². The molecule has 2 heterocycles. The number of hydrogen-bond donors (Lipinski definition) is 1. The molecule has 10 heteroatoms. The number of thiophene rings is 1. The van der Waals surface area contributed by atoms with Gasteiger partial charge in [0.15, 0.2) is 5.16 Å². The molecule has 0 unspecified atom stereocenters. The van der Waals surface area contributed by atoms with Crippen LogP contribution in [-0.4, -0.2) is 26.1 Å². The molecule has 2 aromatic heterocycles. The van der Waals surface area contributed by atoms with E-state index < -0.39 is 4.92 Å². The van der Waals surface area contributed by atoms with E-state index in [9.17, 15) is 19.7 Å². The number of anilines is 1. The van der Waals surface area contributed by atoms with Gasteiger partial charge in [0.25, 0.3) is 11.2 Å². The molecular weight excluding hydrogens is 412 g/mol. The van der Waals surface area contributed by atoms with Crippen LogP contribution in [0, 0.1) is 24.0 Å². The maximum atomic E-state index is 13.0. The molecule has 152 valence electrons. The molecule has 0 saturated carbocycles. The van der Waals surface area contributed by atoms with Gasteiger partial charge in [-0.3, -0.25) is 24.3 Å². The van der Waals surface area contributed by atoms with Gasteiger partial charge in [-0.25, -0.2) is 4.98 Å². The third kappa shape index (κ3) is 4.33. The number of fused-ring (bicyclic) bond motifs is 1. The van der Waals surface area contributed by atoms with Gasteiger partial charge in [0.2, 0.25) is 5.91 Å². The van der Waals surface area contributed by atoms with Gasteiger partial charge in [0.05, 0.1) is 16.1 Å². The molecule has 3 aromatic rings. The van der Waals surface area contributed by atoms with Crippen LogP contribution >= 0.6 is 23.1 Å². The normalized spacial score (nSPS) is 11.2. The molecule has 3 rings (SSSR count). The number of non-ortho nitro benzene ring substituents is 1. The lowest BCUT2D eigenvalue weighted by atomic mass is 10.2. The van der Waals surface area contributed by atoms with E-state index in [0.29, 0.717) is 21.1 Å². The van der Waals surface area contributed by atoms with Crippen LogP contribution in [0.1, 0.15) is 30.3 Å². The molecule has 0 radical (unpaired) electrons. The second-order valence-corrected chi connectivity index (χ2v) is 8.91. The van der Waals surface area contributed by atoms with Crippen molar-refractivity contribution in [2.45, 2.75) is 38.9 Å². The Bertz CT molecular complexity index is 1150. The summed E-state index contributed by atoms with van der Waals surface area (Å²) in [5.41, 5.74) is 1.28. The van der Waals surface area contributed by atoms with Crippen LogP contribution in [-0.2, 0) is 4.79 Å². The molecule has 0 bridgehead atoms. The second-order valence-electron chi connectivity index (χ2n) is 6.77. The van der Waals surface area contributed by atoms with E-state index in [0.717, 1.165) is 10.4 Å².